The molecule has 0 aromatic heterocycles. The number of piperidine rings is 1. The first-order chi connectivity index (χ1) is 13.8. The summed E-state index contributed by atoms with van der Waals surface area (Å²) in [6, 6.07) is 5.17. The number of carbonyl (C=O) groups is 2. The van der Waals surface area contributed by atoms with E-state index in [1.165, 1.54) is 6.42 Å². The molecule has 6 nitrogen and oxygen atoms in total. The Morgan fingerprint density at radius 3 is 2.21 bits per heavy atom. The van der Waals surface area contributed by atoms with Gasteiger partial charge < -0.3 is 10.2 Å². The van der Waals surface area contributed by atoms with Crippen LogP contribution in [-0.4, -0.2) is 78.9 Å². The van der Waals surface area contributed by atoms with E-state index in [0.29, 0.717) is 40.7 Å². The third kappa shape index (κ3) is 6.32. The van der Waals surface area contributed by atoms with Crippen molar-refractivity contribution in [3.8, 4) is 0 Å². The minimum absolute atomic E-state index is 0.116. The molecule has 0 aliphatic carbocycles. The largest absolute Gasteiger partial charge is 0.341 e. The van der Waals surface area contributed by atoms with E-state index >= 15 is 0 Å². The Kier molecular flexibility index (Phi) is 7.79. The van der Waals surface area contributed by atoms with Crippen molar-refractivity contribution in [3.63, 3.8) is 0 Å². The molecule has 2 atom stereocenters. The molecule has 0 bridgehead atoms. The summed E-state index contributed by atoms with van der Waals surface area (Å²) in [5.74, 6) is 1.26. The maximum absolute atomic E-state index is 12.7. The highest BCUT2D eigenvalue weighted by Gasteiger charge is 2.27. The summed E-state index contributed by atoms with van der Waals surface area (Å²) in [6.07, 6.45) is 1.20. The van der Waals surface area contributed by atoms with Crippen LogP contribution in [0.4, 0.5) is 5.69 Å². The lowest BCUT2D eigenvalue weighted by Gasteiger charge is -2.38. The molecule has 29 heavy (non-hydrogen) atoms. The maximum atomic E-state index is 12.7. The first kappa shape index (κ1) is 22.3. The molecule has 2 amide bonds. The van der Waals surface area contributed by atoms with Crippen LogP contribution in [0.2, 0.25) is 10.0 Å². The molecule has 0 unspecified atom stereocenters. The number of carbonyl (C=O) groups excluding carboxylic acids is 2. The predicted octanol–water partition coefficient (Wildman–Crippen LogP) is 3.05. The number of likely N-dealkylation sites (tertiary alicyclic amines) is 1. The van der Waals surface area contributed by atoms with E-state index in [-0.39, 0.29) is 11.8 Å². The van der Waals surface area contributed by atoms with Crippen molar-refractivity contribution in [2.45, 2.75) is 20.3 Å². The van der Waals surface area contributed by atoms with Crippen molar-refractivity contribution < 1.29 is 9.59 Å². The quantitative estimate of drug-likeness (QED) is 0.763. The van der Waals surface area contributed by atoms with Crippen molar-refractivity contribution >= 4 is 40.7 Å². The number of benzene rings is 1. The molecule has 8 heteroatoms. The summed E-state index contributed by atoms with van der Waals surface area (Å²) in [4.78, 5) is 31.3. The van der Waals surface area contributed by atoms with Crippen LogP contribution in [0.25, 0.3) is 0 Å². The molecule has 2 fully saturated rings. The Morgan fingerprint density at radius 1 is 1.00 bits per heavy atom. The highest BCUT2D eigenvalue weighted by atomic mass is 35.5. The summed E-state index contributed by atoms with van der Waals surface area (Å²) in [5, 5.41) is 3.59. The number of anilines is 1. The Labute approximate surface area is 183 Å². The van der Waals surface area contributed by atoms with Gasteiger partial charge in [0.25, 0.3) is 0 Å². The molecule has 0 spiro atoms. The number of piperazine rings is 1. The number of halogens is 2. The summed E-state index contributed by atoms with van der Waals surface area (Å²) in [6.45, 7) is 10.0. The number of hydrogen-bond acceptors (Lipinski definition) is 4. The lowest BCUT2D eigenvalue weighted by atomic mass is 9.92. The van der Waals surface area contributed by atoms with Crippen LogP contribution < -0.4 is 5.32 Å². The summed E-state index contributed by atoms with van der Waals surface area (Å²) < 4.78 is 0. The van der Waals surface area contributed by atoms with Crippen molar-refractivity contribution in [2.75, 3.05) is 57.7 Å². The Morgan fingerprint density at radius 2 is 1.59 bits per heavy atom. The molecule has 2 aliphatic heterocycles. The fourth-order valence-electron chi connectivity index (χ4n) is 4.26. The third-order valence-corrected chi connectivity index (χ3v) is 6.46. The minimum Gasteiger partial charge on any atom is -0.341 e. The lowest BCUT2D eigenvalue weighted by molar-refractivity contribution is -0.135. The van der Waals surface area contributed by atoms with Gasteiger partial charge in [0, 0.05) is 39.3 Å². The van der Waals surface area contributed by atoms with Crippen LogP contribution in [0, 0.1) is 11.8 Å². The zero-order valence-electron chi connectivity index (χ0n) is 17.2. The van der Waals surface area contributed by atoms with E-state index in [1.54, 1.807) is 18.2 Å². The average molecular weight is 441 g/mol. The molecule has 3 rings (SSSR count). The molecule has 2 saturated heterocycles. The van der Waals surface area contributed by atoms with Crippen molar-refractivity contribution in [1.82, 2.24) is 14.7 Å². The fourth-order valence-corrected chi connectivity index (χ4v) is 4.60. The minimum atomic E-state index is -0.116. The van der Waals surface area contributed by atoms with Crippen LogP contribution in [0.3, 0.4) is 0 Å². The van der Waals surface area contributed by atoms with Gasteiger partial charge in [-0.3, -0.25) is 19.4 Å². The number of rotatable bonds is 5. The van der Waals surface area contributed by atoms with E-state index in [0.717, 1.165) is 39.3 Å². The second-order valence-corrected chi connectivity index (χ2v) is 9.23. The van der Waals surface area contributed by atoms with Crippen LogP contribution in [0.1, 0.15) is 20.3 Å². The predicted molar refractivity (Wildman–Crippen MR) is 117 cm³/mol. The first-order valence-corrected chi connectivity index (χ1v) is 11.0. The number of nitrogens with zero attached hydrogens (tertiary/aromatic N) is 3. The average Bonchev–Trinajstić information content (AvgIpc) is 2.66. The molecule has 2 aliphatic rings. The van der Waals surface area contributed by atoms with Crippen LogP contribution >= 0.6 is 23.2 Å². The van der Waals surface area contributed by atoms with Gasteiger partial charge in [-0.15, -0.1) is 0 Å². The zero-order valence-corrected chi connectivity index (χ0v) is 18.7. The highest BCUT2D eigenvalue weighted by molar-refractivity contribution is 6.44. The molecule has 2 heterocycles. The van der Waals surface area contributed by atoms with Crippen molar-refractivity contribution in [1.29, 1.82) is 0 Å². The number of hydrogen-bond donors (Lipinski definition) is 1. The lowest BCUT2D eigenvalue weighted by Crippen LogP contribution is -2.52. The van der Waals surface area contributed by atoms with E-state index in [2.05, 4.69) is 29.0 Å². The normalized spacial score (nSPS) is 23.8. The Hall–Kier alpha value is -1.34. The highest BCUT2D eigenvalue weighted by Crippen LogP contribution is 2.29. The van der Waals surface area contributed by atoms with E-state index in [1.807, 2.05) is 4.90 Å². The van der Waals surface area contributed by atoms with Crippen LogP contribution in [0.5, 0.6) is 0 Å². The molecular weight excluding hydrogens is 411 g/mol. The van der Waals surface area contributed by atoms with Gasteiger partial charge in [0.1, 0.15) is 0 Å². The molecule has 1 aromatic rings. The van der Waals surface area contributed by atoms with Gasteiger partial charge >= 0.3 is 0 Å². The fraction of sp³-hybridized carbons (Fsp3) is 0.619. The van der Waals surface area contributed by atoms with Gasteiger partial charge in [-0.1, -0.05) is 43.1 Å². The molecule has 1 aromatic carbocycles. The molecular formula is C21H30Cl2N4O2. The standard InChI is InChI=1S/C21H30Cl2N4O2/c1-15-10-16(2)12-27(11-15)20(29)14-26-8-6-25(7-9-26)13-19(28)24-18-5-3-4-17(22)21(18)23/h3-5,15-16H,6-14H2,1-2H3,(H,24,28)/t15-,16+. The van der Waals surface area contributed by atoms with Gasteiger partial charge in [0.05, 0.1) is 28.8 Å². The first-order valence-electron chi connectivity index (χ1n) is 10.3. The van der Waals surface area contributed by atoms with Gasteiger partial charge in [-0.25, -0.2) is 0 Å². The van der Waals surface area contributed by atoms with Crippen molar-refractivity contribution in [2.24, 2.45) is 11.8 Å². The molecule has 0 saturated carbocycles. The van der Waals surface area contributed by atoms with Crippen molar-refractivity contribution in [3.05, 3.63) is 28.2 Å². The monoisotopic (exact) mass is 440 g/mol. The smallest absolute Gasteiger partial charge is 0.238 e. The molecule has 1 N–H and O–H groups in total. The third-order valence-electron chi connectivity index (χ3n) is 5.64. The number of nitrogens with one attached hydrogen (secondary N) is 1. The molecule has 160 valence electrons. The SMILES string of the molecule is C[C@@H]1C[C@H](C)CN(C(=O)CN2CCN(CC(=O)Nc3cccc(Cl)c3Cl)CC2)C1. The van der Waals surface area contributed by atoms with Gasteiger partial charge in [-0.2, -0.15) is 0 Å². The van der Waals surface area contributed by atoms with Crippen LogP contribution in [-0.2, 0) is 9.59 Å². The second-order valence-electron chi connectivity index (χ2n) is 8.45. The van der Waals surface area contributed by atoms with Gasteiger partial charge in [-0.05, 0) is 30.4 Å². The summed E-state index contributed by atoms with van der Waals surface area (Å²) in [5.41, 5.74) is 0.526. The molecule has 0 radical (unpaired) electrons. The number of amides is 2. The summed E-state index contributed by atoms with van der Waals surface area (Å²) >= 11 is 12.1. The summed E-state index contributed by atoms with van der Waals surface area (Å²) in [7, 11) is 0. The Balaban J connectivity index is 1.41. The van der Waals surface area contributed by atoms with E-state index < -0.39 is 0 Å². The van der Waals surface area contributed by atoms with Crippen LogP contribution in [0.15, 0.2) is 18.2 Å². The zero-order chi connectivity index (χ0) is 21.0. The van der Waals surface area contributed by atoms with E-state index in [9.17, 15) is 9.59 Å². The van der Waals surface area contributed by atoms with E-state index in [4.69, 9.17) is 23.2 Å². The maximum Gasteiger partial charge on any atom is 0.238 e. The Bertz CT molecular complexity index is 727. The topological polar surface area (TPSA) is 55.9 Å². The van der Waals surface area contributed by atoms with Gasteiger partial charge in [0.2, 0.25) is 11.8 Å². The second kappa shape index (κ2) is 10.1. The van der Waals surface area contributed by atoms with Gasteiger partial charge in [0.15, 0.2) is 0 Å².